The average molecular weight is 500 g/mol. The van der Waals surface area contributed by atoms with E-state index in [1.807, 2.05) is 0 Å². The number of esters is 1. The molecule has 0 radical (unpaired) electrons. The fraction of sp³-hybridized carbons (Fsp3) is 0.250. The highest BCUT2D eigenvalue weighted by molar-refractivity contribution is 6.31. The van der Waals surface area contributed by atoms with Crippen LogP contribution in [0.1, 0.15) is 41.3 Å². The molecule has 0 bridgehead atoms. The van der Waals surface area contributed by atoms with Gasteiger partial charge in [0.1, 0.15) is 11.6 Å². The van der Waals surface area contributed by atoms with Gasteiger partial charge < -0.3 is 9.84 Å². The molecule has 0 spiro atoms. The number of hydrogen-bond acceptors (Lipinski definition) is 4. The predicted octanol–water partition coefficient (Wildman–Crippen LogP) is 6.41. The van der Waals surface area contributed by atoms with Gasteiger partial charge in [-0.3, -0.25) is 4.98 Å². The van der Waals surface area contributed by atoms with Crippen molar-refractivity contribution >= 4 is 17.6 Å². The topological polar surface area (TPSA) is 59.4 Å². The summed E-state index contributed by atoms with van der Waals surface area (Å²) in [5, 5.41) is 10.7. The van der Waals surface area contributed by atoms with Crippen molar-refractivity contribution in [3.63, 3.8) is 0 Å². The Balaban J connectivity index is 2.13. The molecule has 1 aromatic heterocycles. The Hall–Kier alpha value is -3.04. The lowest BCUT2D eigenvalue weighted by Gasteiger charge is -2.37. The van der Waals surface area contributed by atoms with Gasteiger partial charge in [0.25, 0.3) is 0 Å². The first-order chi connectivity index (χ1) is 15.9. The lowest BCUT2D eigenvalue weighted by atomic mass is 9.77. The van der Waals surface area contributed by atoms with Crippen molar-refractivity contribution < 1.29 is 36.6 Å². The van der Waals surface area contributed by atoms with Gasteiger partial charge >= 0.3 is 12.1 Å². The zero-order valence-corrected chi connectivity index (χ0v) is 18.7. The number of pyridine rings is 1. The molecule has 0 amide bonds. The molecule has 1 N–H and O–H groups in total. The van der Waals surface area contributed by atoms with Gasteiger partial charge in [0.15, 0.2) is 5.60 Å². The summed E-state index contributed by atoms with van der Waals surface area (Å²) in [5.74, 6) is -4.19. The Labute approximate surface area is 197 Å². The van der Waals surface area contributed by atoms with Gasteiger partial charge in [-0.1, -0.05) is 24.6 Å². The predicted molar refractivity (Wildman–Crippen MR) is 115 cm³/mol. The van der Waals surface area contributed by atoms with Crippen molar-refractivity contribution in [3.05, 3.63) is 88.1 Å². The monoisotopic (exact) mass is 499 g/mol. The van der Waals surface area contributed by atoms with Crippen molar-refractivity contribution in [2.75, 3.05) is 6.61 Å². The number of carbonyl (C=O) groups excluding carboxylic acids is 1. The molecule has 0 saturated heterocycles. The number of hydrogen-bond donors (Lipinski definition) is 1. The van der Waals surface area contributed by atoms with Gasteiger partial charge in [0.2, 0.25) is 0 Å². The number of halogens is 6. The second kappa shape index (κ2) is 9.68. The van der Waals surface area contributed by atoms with Crippen LogP contribution in [0.25, 0.3) is 11.3 Å². The molecule has 0 aliphatic carbocycles. The molecule has 180 valence electrons. The van der Waals surface area contributed by atoms with Crippen LogP contribution >= 0.6 is 11.6 Å². The summed E-state index contributed by atoms with van der Waals surface area (Å²) in [4.78, 5) is 16.0. The fourth-order valence-electron chi connectivity index (χ4n) is 3.61. The number of benzene rings is 2. The maximum Gasteiger partial charge on any atom is 0.422 e. The molecular weight excluding hydrogens is 481 g/mol. The van der Waals surface area contributed by atoms with Gasteiger partial charge in [-0.15, -0.1) is 0 Å². The molecule has 0 saturated carbocycles. The third kappa shape index (κ3) is 4.76. The Morgan fingerprint density at radius 3 is 2.44 bits per heavy atom. The molecule has 0 aliphatic rings. The average Bonchev–Trinajstić information content (AvgIpc) is 2.78. The largest absolute Gasteiger partial charge is 0.462 e. The number of nitrogens with zero attached hydrogens (tertiary/aromatic N) is 1. The van der Waals surface area contributed by atoms with E-state index >= 15 is 0 Å². The van der Waals surface area contributed by atoms with Crippen LogP contribution < -0.4 is 0 Å². The highest BCUT2D eigenvalue weighted by Crippen LogP contribution is 2.50. The lowest BCUT2D eigenvalue weighted by molar-refractivity contribution is -0.274. The summed E-state index contributed by atoms with van der Waals surface area (Å²) in [6, 6.07) is 8.16. The number of rotatable bonds is 6. The first-order valence-corrected chi connectivity index (χ1v) is 10.5. The van der Waals surface area contributed by atoms with Crippen LogP contribution in [0.5, 0.6) is 0 Å². The van der Waals surface area contributed by atoms with Crippen molar-refractivity contribution in [2.24, 2.45) is 0 Å². The van der Waals surface area contributed by atoms with E-state index in [-0.39, 0.29) is 28.5 Å². The summed E-state index contributed by atoms with van der Waals surface area (Å²) < 4.78 is 75.2. The highest BCUT2D eigenvalue weighted by Gasteiger charge is 2.59. The van der Waals surface area contributed by atoms with Crippen LogP contribution in [0.3, 0.4) is 0 Å². The second-order valence-corrected chi connectivity index (χ2v) is 7.90. The Bertz CT molecular complexity index is 1220. The van der Waals surface area contributed by atoms with Gasteiger partial charge in [0.05, 0.1) is 17.9 Å². The minimum Gasteiger partial charge on any atom is -0.462 e. The summed E-state index contributed by atoms with van der Waals surface area (Å²) in [5.41, 5.74) is -4.46. The maximum absolute atomic E-state index is 14.3. The number of aliphatic hydroxyl groups is 1. The van der Waals surface area contributed by atoms with Gasteiger partial charge in [-0.05, 0) is 60.5 Å². The van der Waals surface area contributed by atoms with E-state index in [0.29, 0.717) is 0 Å². The smallest absolute Gasteiger partial charge is 0.422 e. The van der Waals surface area contributed by atoms with Crippen LogP contribution in [0.2, 0.25) is 5.02 Å². The Morgan fingerprint density at radius 2 is 1.82 bits per heavy atom. The third-order valence-electron chi connectivity index (χ3n) is 5.45. The van der Waals surface area contributed by atoms with Gasteiger partial charge in [-0.2, -0.15) is 13.2 Å². The Kier molecular flexibility index (Phi) is 7.28. The van der Waals surface area contributed by atoms with Crippen molar-refractivity contribution in [3.8, 4) is 11.3 Å². The van der Waals surface area contributed by atoms with Gasteiger partial charge in [-0.25, -0.2) is 13.6 Å². The number of carbonyl (C=O) groups is 1. The van der Waals surface area contributed by atoms with E-state index in [1.165, 1.54) is 13.0 Å². The molecule has 3 aromatic rings. The summed E-state index contributed by atoms with van der Waals surface area (Å²) in [6.45, 7) is 2.65. The summed E-state index contributed by atoms with van der Waals surface area (Å²) in [6.07, 6.45) is -4.12. The minimum atomic E-state index is -5.17. The summed E-state index contributed by atoms with van der Waals surface area (Å²) >= 11 is 5.97. The lowest BCUT2D eigenvalue weighted by Crippen LogP contribution is -2.46. The molecule has 0 aliphatic heterocycles. The third-order valence-corrected chi connectivity index (χ3v) is 5.77. The second-order valence-electron chi connectivity index (χ2n) is 7.50. The van der Waals surface area contributed by atoms with Crippen molar-refractivity contribution in [1.82, 2.24) is 4.98 Å². The van der Waals surface area contributed by atoms with Crippen LogP contribution in [-0.4, -0.2) is 28.8 Å². The zero-order valence-electron chi connectivity index (χ0n) is 18.0. The number of alkyl halides is 3. The molecule has 3 rings (SSSR count). The first kappa shape index (κ1) is 25.6. The van der Waals surface area contributed by atoms with Crippen LogP contribution in [0.4, 0.5) is 22.0 Å². The molecule has 2 atom stereocenters. The molecule has 2 unspecified atom stereocenters. The first-order valence-electron chi connectivity index (χ1n) is 10.1. The molecule has 0 fully saturated rings. The zero-order chi connectivity index (χ0) is 25.3. The maximum atomic E-state index is 14.3. The van der Waals surface area contributed by atoms with E-state index in [9.17, 15) is 31.9 Å². The quantitative estimate of drug-likeness (QED) is 0.314. The number of aromatic nitrogens is 1. The molecule has 2 aromatic carbocycles. The minimum absolute atomic E-state index is 0.00130. The molecule has 1 heterocycles. The highest BCUT2D eigenvalue weighted by atomic mass is 35.5. The standard InChI is InChI=1S/C24H19ClF5NO3/c1-3-34-22(32)18-10-14(4-7-20(18)27)21-11-15(8-9-31-21)23(33,24(28,29)30)13(2)17-6-5-16(26)12-19(17)25/h4-13,33H,3H2,1-2H3. The molecular formula is C24H19ClF5NO3. The SMILES string of the molecule is CCOC(=O)c1cc(-c2cc(C(O)(C(C)c3ccc(F)cc3Cl)C(F)(F)F)ccn2)ccc1F. The summed E-state index contributed by atoms with van der Waals surface area (Å²) in [7, 11) is 0. The van der Waals surface area contributed by atoms with E-state index in [0.717, 1.165) is 55.6 Å². The van der Waals surface area contributed by atoms with E-state index < -0.39 is 46.4 Å². The van der Waals surface area contributed by atoms with Crippen LogP contribution in [0.15, 0.2) is 54.7 Å². The molecule has 10 heteroatoms. The fourth-order valence-corrected chi connectivity index (χ4v) is 3.94. The van der Waals surface area contributed by atoms with Gasteiger partial charge in [0, 0.05) is 22.7 Å². The molecule has 4 nitrogen and oxygen atoms in total. The van der Waals surface area contributed by atoms with Crippen LogP contribution in [0, 0.1) is 11.6 Å². The van der Waals surface area contributed by atoms with E-state index in [4.69, 9.17) is 16.3 Å². The normalized spacial score (nSPS) is 14.4. The van der Waals surface area contributed by atoms with E-state index in [2.05, 4.69) is 4.98 Å². The number of ether oxygens (including phenoxy) is 1. The van der Waals surface area contributed by atoms with Crippen LogP contribution in [-0.2, 0) is 10.3 Å². The van der Waals surface area contributed by atoms with Crippen molar-refractivity contribution in [2.45, 2.75) is 31.5 Å². The van der Waals surface area contributed by atoms with Crippen molar-refractivity contribution in [1.29, 1.82) is 0 Å². The Morgan fingerprint density at radius 1 is 1.12 bits per heavy atom. The molecule has 34 heavy (non-hydrogen) atoms. The van der Waals surface area contributed by atoms with E-state index in [1.54, 1.807) is 0 Å².